The molecule has 2 heterocycles. The fourth-order valence-electron chi connectivity index (χ4n) is 1.55. The number of hydrogen-bond acceptors (Lipinski definition) is 4. The lowest BCUT2D eigenvalue weighted by molar-refractivity contribution is -0.119. The summed E-state index contributed by atoms with van der Waals surface area (Å²) in [5.41, 5.74) is 0.284. The average Bonchev–Trinajstić information content (AvgIpc) is 2.73. The molecular formula is C10H12N4O2. The standard InChI is InChI=1S/C10H12N4O2/c15-9-2-1-7(14-9)5-13-10(16)8-6-11-3-4-12-8/h3-4,6-7H,1-2,5H2,(H,13,16)(H,14,15). The van der Waals surface area contributed by atoms with E-state index >= 15 is 0 Å². The number of aromatic nitrogens is 2. The van der Waals surface area contributed by atoms with Gasteiger partial charge in [0, 0.05) is 31.4 Å². The minimum Gasteiger partial charge on any atom is -0.352 e. The van der Waals surface area contributed by atoms with Gasteiger partial charge in [-0.15, -0.1) is 0 Å². The average molecular weight is 220 g/mol. The van der Waals surface area contributed by atoms with E-state index in [1.165, 1.54) is 18.6 Å². The summed E-state index contributed by atoms with van der Waals surface area (Å²) in [5, 5.41) is 5.48. The summed E-state index contributed by atoms with van der Waals surface area (Å²) < 4.78 is 0. The van der Waals surface area contributed by atoms with E-state index in [1.54, 1.807) is 0 Å². The van der Waals surface area contributed by atoms with E-state index in [9.17, 15) is 9.59 Å². The van der Waals surface area contributed by atoms with Gasteiger partial charge in [0.05, 0.1) is 6.20 Å². The molecule has 0 radical (unpaired) electrons. The van der Waals surface area contributed by atoms with Crippen LogP contribution in [0.15, 0.2) is 18.6 Å². The zero-order valence-electron chi connectivity index (χ0n) is 8.64. The van der Waals surface area contributed by atoms with Gasteiger partial charge in [-0.25, -0.2) is 4.98 Å². The second kappa shape index (κ2) is 4.69. The number of nitrogens with one attached hydrogen (secondary N) is 2. The van der Waals surface area contributed by atoms with Gasteiger partial charge in [-0.1, -0.05) is 0 Å². The normalized spacial score (nSPS) is 19.2. The largest absolute Gasteiger partial charge is 0.352 e. The van der Waals surface area contributed by atoms with Gasteiger partial charge in [-0.3, -0.25) is 14.6 Å². The Morgan fingerprint density at radius 1 is 1.56 bits per heavy atom. The third-order valence-electron chi connectivity index (χ3n) is 2.39. The molecule has 6 nitrogen and oxygen atoms in total. The summed E-state index contributed by atoms with van der Waals surface area (Å²) in [4.78, 5) is 30.2. The molecule has 2 N–H and O–H groups in total. The zero-order valence-corrected chi connectivity index (χ0v) is 8.64. The van der Waals surface area contributed by atoms with E-state index in [-0.39, 0.29) is 23.6 Å². The molecule has 0 spiro atoms. The van der Waals surface area contributed by atoms with Crippen molar-refractivity contribution in [3.05, 3.63) is 24.3 Å². The van der Waals surface area contributed by atoms with Crippen LogP contribution in [0, 0.1) is 0 Å². The summed E-state index contributed by atoms with van der Waals surface area (Å²) in [6, 6.07) is 0.0353. The Bertz CT molecular complexity index is 393. The smallest absolute Gasteiger partial charge is 0.271 e. The number of nitrogens with zero attached hydrogens (tertiary/aromatic N) is 2. The molecule has 2 amide bonds. The van der Waals surface area contributed by atoms with Gasteiger partial charge in [0.25, 0.3) is 5.91 Å². The van der Waals surface area contributed by atoms with E-state index in [4.69, 9.17) is 0 Å². The van der Waals surface area contributed by atoms with Gasteiger partial charge < -0.3 is 10.6 Å². The topological polar surface area (TPSA) is 84.0 Å². The van der Waals surface area contributed by atoms with Gasteiger partial charge in [0.2, 0.25) is 5.91 Å². The van der Waals surface area contributed by atoms with E-state index in [1.807, 2.05) is 0 Å². The monoisotopic (exact) mass is 220 g/mol. The minimum absolute atomic E-state index is 0.0353. The predicted octanol–water partition coefficient (Wildman–Crippen LogP) is -0.515. The van der Waals surface area contributed by atoms with Crippen molar-refractivity contribution in [3.63, 3.8) is 0 Å². The van der Waals surface area contributed by atoms with Crippen molar-refractivity contribution in [2.45, 2.75) is 18.9 Å². The molecule has 1 aliphatic rings. The van der Waals surface area contributed by atoms with Crippen LogP contribution in [0.25, 0.3) is 0 Å². The van der Waals surface area contributed by atoms with Crippen LogP contribution in [0.2, 0.25) is 0 Å². The summed E-state index contributed by atoms with van der Waals surface area (Å²) in [5.74, 6) is -0.229. The lowest BCUT2D eigenvalue weighted by atomic mass is 10.2. The fraction of sp³-hybridized carbons (Fsp3) is 0.400. The van der Waals surface area contributed by atoms with E-state index < -0.39 is 0 Å². The molecule has 6 heteroatoms. The first-order valence-electron chi connectivity index (χ1n) is 5.09. The molecule has 0 saturated carbocycles. The van der Waals surface area contributed by atoms with Crippen LogP contribution >= 0.6 is 0 Å². The molecule has 84 valence electrons. The van der Waals surface area contributed by atoms with Crippen molar-refractivity contribution in [1.29, 1.82) is 0 Å². The summed E-state index contributed by atoms with van der Waals surface area (Å²) in [6.45, 7) is 0.432. The van der Waals surface area contributed by atoms with E-state index in [2.05, 4.69) is 20.6 Å². The van der Waals surface area contributed by atoms with Gasteiger partial charge in [-0.05, 0) is 6.42 Å². The number of carbonyl (C=O) groups excluding carboxylic acids is 2. The molecule has 0 bridgehead atoms. The Morgan fingerprint density at radius 2 is 2.44 bits per heavy atom. The molecule has 1 aromatic rings. The lowest BCUT2D eigenvalue weighted by Gasteiger charge is -2.10. The van der Waals surface area contributed by atoms with Gasteiger partial charge in [0.1, 0.15) is 5.69 Å². The van der Waals surface area contributed by atoms with Gasteiger partial charge >= 0.3 is 0 Å². The highest BCUT2D eigenvalue weighted by Crippen LogP contribution is 2.05. The number of hydrogen-bond donors (Lipinski definition) is 2. The van der Waals surface area contributed by atoms with Gasteiger partial charge in [0.15, 0.2) is 0 Å². The van der Waals surface area contributed by atoms with Crippen molar-refractivity contribution in [1.82, 2.24) is 20.6 Å². The van der Waals surface area contributed by atoms with Crippen LogP contribution in [-0.4, -0.2) is 34.4 Å². The minimum atomic E-state index is -0.269. The number of carbonyl (C=O) groups is 2. The molecule has 1 saturated heterocycles. The quantitative estimate of drug-likeness (QED) is 0.718. The Hall–Kier alpha value is -1.98. The van der Waals surface area contributed by atoms with Gasteiger partial charge in [-0.2, -0.15) is 0 Å². The van der Waals surface area contributed by atoms with Crippen molar-refractivity contribution >= 4 is 11.8 Å². The van der Waals surface area contributed by atoms with Crippen LogP contribution in [0.4, 0.5) is 0 Å². The van der Waals surface area contributed by atoms with Crippen LogP contribution in [0.1, 0.15) is 23.3 Å². The Kier molecular flexibility index (Phi) is 3.09. The molecular weight excluding hydrogens is 208 g/mol. The number of rotatable bonds is 3. The molecule has 1 aliphatic heterocycles. The van der Waals surface area contributed by atoms with Crippen molar-refractivity contribution in [2.75, 3.05) is 6.54 Å². The molecule has 0 aromatic carbocycles. The summed E-state index contributed by atoms with van der Waals surface area (Å²) in [7, 11) is 0. The predicted molar refractivity (Wildman–Crippen MR) is 55.5 cm³/mol. The summed E-state index contributed by atoms with van der Waals surface area (Å²) >= 11 is 0. The second-order valence-corrected chi connectivity index (χ2v) is 3.60. The fourth-order valence-corrected chi connectivity index (χ4v) is 1.55. The van der Waals surface area contributed by atoms with Crippen molar-refractivity contribution < 1.29 is 9.59 Å². The van der Waals surface area contributed by atoms with Crippen LogP contribution in [0.5, 0.6) is 0 Å². The maximum atomic E-state index is 11.6. The van der Waals surface area contributed by atoms with Crippen molar-refractivity contribution in [3.8, 4) is 0 Å². The first kappa shape index (κ1) is 10.5. The van der Waals surface area contributed by atoms with E-state index in [0.717, 1.165) is 6.42 Å². The third-order valence-corrected chi connectivity index (χ3v) is 2.39. The molecule has 1 aromatic heterocycles. The summed E-state index contributed by atoms with van der Waals surface area (Å²) in [6.07, 6.45) is 5.67. The van der Waals surface area contributed by atoms with Crippen LogP contribution in [0.3, 0.4) is 0 Å². The second-order valence-electron chi connectivity index (χ2n) is 3.60. The zero-order chi connectivity index (χ0) is 11.4. The molecule has 1 fully saturated rings. The highest BCUT2D eigenvalue weighted by molar-refractivity contribution is 5.91. The molecule has 0 aliphatic carbocycles. The Morgan fingerprint density at radius 3 is 3.06 bits per heavy atom. The lowest BCUT2D eigenvalue weighted by Crippen LogP contribution is -2.38. The maximum absolute atomic E-state index is 11.6. The molecule has 1 unspecified atom stereocenters. The Balaban J connectivity index is 1.82. The maximum Gasteiger partial charge on any atom is 0.271 e. The molecule has 16 heavy (non-hydrogen) atoms. The third kappa shape index (κ3) is 2.53. The first-order valence-corrected chi connectivity index (χ1v) is 5.09. The van der Waals surface area contributed by atoms with Crippen molar-refractivity contribution in [2.24, 2.45) is 0 Å². The molecule has 1 atom stereocenters. The Labute approximate surface area is 92.5 Å². The van der Waals surface area contributed by atoms with E-state index in [0.29, 0.717) is 13.0 Å². The highest BCUT2D eigenvalue weighted by Gasteiger charge is 2.21. The van der Waals surface area contributed by atoms with Crippen LogP contribution < -0.4 is 10.6 Å². The van der Waals surface area contributed by atoms with Crippen LogP contribution in [-0.2, 0) is 4.79 Å². The molecule has 2 rings (SSSR count). The first-order chi connectivity index (χ1) is 7.75. The highest BCUT2D eigenvalue weighted by atomic mass is 16.2. The number of amides is 2. The SMILES string of the molecule is O=C1CCC(CNC(=O)c2cnccn2)N1.